The molecule has 6 nitrogen and oxygen atoms in total. The maximum Gasteiger partial charge on any atom is 0.311 e. The zero-order valence-electron chi connectivity index (χ0n) is 15.2. The largest absolute Gasteiger partial charge is 0.481 e. The summed E-state index contributed by atoms with van der Waals surface area (Å²) in [4.78, 5) is 16.7. The van der Waals surface area contributed by atoms with Gasteiger partial charge in [0.25, 0.3) is 0 Å². The Labute approximate surface area is 154 Å². The highest BCUT2D eigenvalue weighted by atomic mass is 16.4. The van der Waals surface area contributed by atoms with Gasteiger partial charge in [-0.25, -0.2) is 4.68 Å². The molecule has 3 heterocycles. The first-order chi connectivity index (χ1) is 12.6. The minimum atomic E-state index is -0.622. The number of para-hydroxylation sites is 1. The van der Waals surface area contributed by atoms with Crippen LogP contribution in [-0.4, -0.2) is 63.4 Å². The molecule has 2 fully saturated rings. The molecule has 0 radical (unpaired) electrons. The van der Waals surface area contributed by atoms with Gasteiger partial charge >= 0.3 is 5.97 Å². The van der Waals surface area contributed by atoms with Gasteiger partial charge in [0.15, 0.2) is 0 Å². The molecule has 26 heavy (non-hydrogen) atoms. The van der Waals surface area contributed by atoms with Crippen LogP contribution in [0.2, 0.25) is 0 Å². The summed E-state index contributed by atoms with van der Waals surface area (Å²) < 4.78 is 1.98. The molecule has 2 aliphatic heterocycles. The molecule has 2 atom stereocenters. The number of aromatic nitrogens is 2. The SMILES string of the molecule is CN1CCC[C@]2(C(=O)O)CCN(Cc3ccnn3-c3ccccc3)C[C@@H]12. The topological polar surface area (TPSA) is 61.6 Å². The Balaban J connectivity index is 1.53. The number of carbonyl (C=O) groups is 1. The van der Waals surface area contributed by atoms with E-state index in [1.165, 1.54) is 0 Å². The van der Waals surface area contributed by atoms with Crippen LogP contribution in [0.3, 0.4) is 0 Å². The van der Waals surface area contributed by atoms with Crippen molar-refractivity contribution in [2.24, 2.45) is 5.41 Å². The summed E-state index contributed by atoms with van der Waals surface area (Å²) >= 11 is 0. The second-order valence-corrected chi connectivity index (χ2v) is 7.62. The highest BCUT2D eigenvalue weighted by molar-refractivity contribution is 5.76. The Morgan fingerprint density at radius 2 is 2.04 bits per heavy atom. The normalized spacial score (nSPS) is 27.2. The van der Waals surface area contributed by atoms with Gasteiger partial charge < -0.3 is 10.0 Å². The van der Waals surface area contributed by atoms with E-state index in [0.717, 1.165) is 56.8 Å². The van der Waals surface area contributed by atoms with Crippen molar-refractivity contribution < 1.29 is 9.90 Å². The van der Waals surface area contributed by atoms with Crippen molar-refractivity contribution in [3.05, 3.63) is 48.3 Å². The molecule has 1 N–H and O–H groups in total. The molecule has 0 bridgehead atoms. The van der Waals surface area contributed by atoms with E-state index in [-0.39, 0.29) is 6.04 Å². The summed E-state index contributed by atoms with van der Waals surface area (Å²) in [5, 5.41) is 14.4. The fourth-order valence-electron chi connectivity index (χ4n) is 4.67. The molecule has 0 spiro atoms. The number of hydrogen-bond donors (Lipinski definition) is 1. The van der Waals surface area contributed by atoms with Gasteiger partial charge in [-0.05, 0) is 57.6 Å². The zero-order valence-corrected chi connectivity index (χ0v) is 15.2. The number of likely N-dealkylation sites (tertiary alicyclic amines) is 2. The highest BCUT2D eigenvalue weighted by Gasteiger charge is 2.52. The highest BCUT2D eigenvalue weighted by Crippen LogP contribution is 2.42. The first-order valence-corrected chi connectivity index (χ1v) is 9.34. The van der Waals surface area contributed by atoms with Crippen molar-refractivity contribution in [3.8, 4) is 5.69 Å². The van der Waals surface area contributed by atoms with Crippen LogP contribution in [0, 0.1) is 5.41 Å². The lowest BCUT2D eigenvalue weighted by molar-refractivity contribution is -0.162. The lowest BCUT2D eigenvalue weighted by Crippen LogP contribution is -2.62. The maximum atomic E-state index is 12.1. The first kappa shape index (κ1) is 17.2. The van der Waals surface area contributed by atoms with Gasteiger partial charge in [-0.15, -0.1) is 0 Å². The minimum Gasteiger partial charge on any atom is -0.481 e. The Morgan fingerprint density at radius 3 is 2.81 bits per heavy atom. The van der Waals surface area contributed by atoms with Crippen LogP contribution in [0.15, 0.2) is 42.6 Å². The van der Waals surface area contributed by atoms with E-state index in [1.807, 2.05) is 29.1 Å². The number of carboxylic acids is 1. The molecule has 0 unspecified atom stereocenters. The van der Waals surface area contributed by atoms with Crippen molar-refractivity contribution in [1.82, 2.24) is 19.6 Å². The van der Waals surface area contributed by atoms with Gasteiger partial charge in [0.2, 0.25) is 0 Å². The van der Waals surface area contributed by atoms with Crippen molar-refractivity contribution in [1.29, 1.82) is 0 Å². The number of rotatable bonds is 4. The van der Waals surface area contributed by atoms with Crippen molar-refractivity contribution in [2.75, 3.05) is 26.7 Å². The van der Waals surface area contributed by atoms with Crippen LogP contribution in [0.1, 0.15) is 25.0 Å². The molecular weight excluding hydrogens is 328 g/mol. The van der Waals surface area contributed by atoms with Crippen LogP contribution >= 0.6 is 0 Å². The quantitative estimate of drug-likeness (QED) is 0.912. The molecule has 2 aromatic rings. The Kier molecular flexibility index (Phi) is 4.54. The fourth-order valence-corrected chi connectivity index (χ4v) is 4.67. The van der Waals surface area contributed by atoms with Crippen LogP contribution < -0.4 is 0 Å². The Bertz CT molecular complexity index is 775. The van der Waals surface area contributed by atoms with E-state index in [9.17, 15) is 9.90 Å². The molecule has 138 valence electrons. The van der Waals surface area contributed by atoms with Crippen molar-refractivity contribution >= 4 is 5.97 Å². The van der Waals surface area contributed by atoms with Gasteiger partial charge in [0, 0.05) is 25.3 Å². The van der Waals surface area contributed by atoms with E-state index >= 15 is 0 Å². The third kappa shape index (κ3) is 2.93. The maximum absolute atomic E-state index is 12.1. The van der Waals surface area contributed by atoms with E-state index in [1.54, 1.807) is 0 Å². The predicted octanol–water partition coefficient (Wildman–Crippen LogP) is 2.24. The number of piperidine rings is 2. The molecule has 1 aromatic carbocycles. The van der Waals surface area contributed by atoms with Crippen LogP contribution in [0.5, 0.6) is 0 Å². The molecule has 2 saturated heterocycles. The fraction of sp³-hybridized carbons (Fsp3) is 0.500. The van der Waals surface area contributed by atoms with Crippen molar-refractivity contribution in [2.45, 2.75) is 31.8 Å². The van der Waals surface area contributed by atoms with Gasteiger partial charge in [-0.3, -0.25) is 9.69 Å². The Morgan fingerprint density at radius 1 is 1.23 bits per heavy atom. The number of hydrogen-bond acceptors (Lipinski definition) is 4. The number of likely N-dealkylation sites (N-methyl/N-ethyl adjacent to an activating group) is 1. The first-order valence-electron chi connectivity index (χ1n) is 9.34. The van der Waals surface area contributed by atoms with Gasteiger partial charge in [-0.2, -0.15) is 5.10 Å². The van der Waals surface area contributed by atoms with Gasteiger partial charge in [0.05, 0.1) is 16.8 Å². The molecule has 0 saturated carbocycles. The molecule has 1 aromatic heterocycles. The van der Waals surface area contributed by atoms with E-state index in [4.69, 9.17) is 0 Å². The summed E-state index contributed by atoms with van der Waals surface area (Å²) in [5.74, 6) is -0.622. The molecule has 0 aliphatic carbocycles. The molecule has 4 rings (SSSR count). The van der Waals surface area contributed by atoms with Gasteiger partial charge in [-0.1, -0.05) is 18.2 Å². The van der Waals surface area contributed by atoms with Crippen LogP contribution in [0.4, 0.5) is 0 Å². The second-order valence-electron chi connectivity index (χ2n) is 7.62. The molecule has 2 aliphatic rings. The summed E-state index contributed by atoms with van der Waals surface area (Å²) in [7, 11) is 2.07. The van der Waals surface area contributed by atoms with Gasteiger partial charge in [0.1, 0.15) is 0 Å². The summed E-state index contributed by atoms with van der Waals surface area (Å²) in [6.45, 7) is 3.38. The number of carboxylic acid groups (broad SMARTS) is 1. The number of benzene rings is 1. The number of aliphatic carboxylic acids is 1. The second kappa shape index (κ2) is 6.85. The van der Waals surface area contributed by atoms with Crippen molar-refractivity contribution in [3.63, 3.8) is 0 Å². The Hall–Kier alpha value is -2.18. The number of fused-ring (bicyclic) bond motifs is 1. The third-order valence-electron chi connectivity index (χ3n) is 6.14. The van der Waals surface area contributed by atoms with Crippen LogP contribution in [0.25, 0.3) is 5.69 Å². The lowest BCUT2D eigenvalue weighted by Gasteiger charge is -2.51. The molecule has 0 amide bonds. The summed E-state index contributed by atoms with van der Waals surface area (Å²) in [5.41, 5.74) is 1.61. The summed E-state index contributed by atoms with van der Waals surface area (Å²) in [6, 6.07) is 12.3. The van der Waals surface area contributed by atoms with E-state index < -0.39 is 11.4 Å². The average molecular weight is 354 g/mol. The predicted molar refractivity (Wildman–Crippen MR) is 99.2 cm³/mol. The average Bonchev–Trinajstić information content (AvgIpc) is 3.11. The number of nitrogens with zero attached hydrogens (tertiary/aromatic N) is 4. The van der Waals surface area contributed by atoms with Crippen LogP contribution in [-0.2, 0) is 11.3 Å². The monoisotopic (exact) mass is 354 g/mol. The van der Waals surface area contributed by atoms with E-state index in [2.05, 4.69) is 40.1 Å². The third-order valence-corrected chi connectivity index (χ3v) is 6.14. The molecule has 6 heteroatoms. The van der Waals surface area contributed by atoms with E-state index in [0.29, 0.717) is 0 Å². The summed E-state index contributed by atoms with van der Waals surface area (Å²) in [6.07, 6.45) is 4.32. The smallest absolute Gasteiger partial charge is 0.311 e. The minimum absolute atomic E-state index is 0.0793. The molecular formula is C20H26N4O2. The lowest BCUT2D eigenvalue weighted by atomic mass is 9.68. The standard InChI is InChI=1S/C20H26N4O2/c1-22-12-5-9-20(19(25)26)10-13-23(15-18(20)22)14-17-8-11-21-24(17)16-6-3-2-4-7-16/h2-4,6-8,11,18H,5,9-10,12-15H2,1H3,(H,25,26)/t18-,20+/m1/s1. The zero-order chi connectivity index (χ0) is 18.1.